The fourth-order valence-electron chi connectivity index (χ4n) is 8.48. The van der Waals surface area contributed by atoms with E-state index in [0.29, 0.717) is 11.5 Å². The van der Waals surface area contributed by atoms with Crippen molar-refractivity contribution in [1.29, 1.82) is 0 Å². The highest BCUT2D eigenvalue weighted by molar-refractivity contribution is 6.04. The Bertz CT molecular complexity index is 1290. The van der Waals surface area contributed by atoms with E-state index in [9.17, 15) is 9.59 Å². The maximum atomic E-state index is 13.5. The second-order valence-electron chi connectivity index (χ2n) is 16.0. The Morgan fingerprint density at radius 2 is 1.21 bits per heavy atom. The van der Waals surface area contributed by atoms with Crippen LogP contribution in [0.5, 0.6) is 0 Å². The first-order valence-corrected chi connectivity index (χ1v) is 16.0. The van der Waals surface area contributed by atoms with Crippen molar-refractivity contribution < 1.29 is 19.1 Å². The van der Waals surface area contributed by atoms with Crippen LogP contribution in [-0.4, -0.2) is 46.3 Å². The van der Waals surface area contributed by atoms with E-state index in [2.05, 4.69) is 90.3 Å². The number of fused-ring (bicyclic) bond motifs is 1. The number of hydrogen-bond acceptors (Lipinski definition) is 6. The lowest BCUT2D eigenvalue weighted by atomic mass is 9.78. The van der Waals surface area contributed by atoms with Gasteiger partial charge in [-0.15, -0.1) is 0 Å². The molecular weight excluding hydrogens is 524 g/mol. The molecule has 42 heavy (non-hydrogen) atoms. The molecule has 1 saturated carbocycles. The first-order valence-electron chi connectivity index (χ1n) is 16.0. The van der Waals surface area contributed by atoms with Crippen molar-refractivity contribution in [2.45, 2.75) is 147 Å². The predicted molar refractivity (Wildman–Crippen MR) is 169 cm³/mol. The zero-order valence-electron chi connectivity index (χ0n) is 27.1. The molecule has 1 aliphatic carbocycles. The number of piperidine rings is 2. The van der Waals surface area contributed by atoms with Gasteiger partial charge in [-0.3, -0.25) is 4.79 Å². The third-order valence-electron chi connectivity index (χ3n) is 9.52. The minimum atomic E-state index is -0.244. The van der Waals surface area contributed by atoms with Gasteiger partial charge in [-0.05, 0) is 109 Å². The van der Waals surface area contributed by atoms with Crippen LogP contribution in [0.25, 0.3) is 10.8 Å². The number of rotatable bonds is 5. The largest absolute Gasteiger partial charge is 0.462 e. The van der Waals surface area contributed by atoms with Gasteiger partial charge in [-0.25, -0.2) is 4.79 Å². The summed E-state index contributed by atoms with van der Waals surface area (Å²) in [4.78, 5) is 26.7. The monoisotopic (exact) mass is 576 g/mol. The van der Waals surface area contributed by atoms with Crippen molar-refractivity contribution in [1.82, 2.24) is 10.6 Å². The van der Waals surface area contributed by atoms with Crippen LogP contribution in [-0.2, 0) is 14.3 Å². The Balaban J connectivity index is 1.24. The van der Waals surface area contributed by atoms with Gasteiger partial charge >= 0.3 is 11.9 Å². The Kier molecular flexibility index (Phi) is 8.30. The van der Waals surface area contributed by atoms with Crippen molar-refractivity contribution in [3.05, 3.63) is 47.5 Å². The van der Waals surface area contributed by atoms with E-state index in [1.807, 2.05) is 12.1 Å². The number of carbonyl (C=O) groups excluding carboxylic acids is 2. The SMILES string of the molecule is CC1(C)CC(OC(=O)c2cccc3ccc(C4CCC(C(=O)OC5CC(C)(C)NC(C)(C)C5)CC4)cc23)CC(C)(C)N1. The van der Waals surface area contributed by atoms with Crippen LogP contribution in [0.2, 0.25) is 0 Å². The third kappa shape index (κ3) is 7.37. The summed E-state index contributed by atoms with van der Waals surface area (Å²) in [5, 5.41) is 9.32. The average molecular weight is 577 g/mol. The Hall–Kier alpha value is -2.44. The van der Waals surface area contributed by atoms with Crippen LogP contribution >= 0.6 is 0 Å². The Morgan fingerprint density at radius 1 is 0.690 bits per heavy atom. The van der Waals surface area contributed by atoms with E-state index < -0.39 is 0 Å². The Labute approximate surface area is 252 Å². The van der Waals surface area contributed by atoms with Crippen LogP contribution in [0.3, 0.4) is 0 Å². The van der Waals surface area contributed by atoms with Gasteiger partial charge in [0.05, 0.1) is 11.5 Å². The van der Waals surface area contributed by atoms with Gasteiger partial charge < -0.3 is 20.1 Å². The molecule has 5 rings (SSSR count). The molecule has 0 aromatic heterocycles. The number of esters is 2. The number of hydrogen-bond donors (Lipinski definition) is 2. The van der Waals surface area contributed by atoms with E-state index in [-0.39, 0.29) is 52.2 Å². The maximum absolute atomic E-state index is 13.5. The van der Waals surface area contributed by atoms with Crippen LogP contribution in [0.15, 0.2) is 36.4 Å². The zero-order valence-corrected chi connectivity index (χ0v) is 27.1. The van der Waals surface area contributed by atoms with Crippen molar-refractivity contribution in [2.75, 3.05) is 0 Å². The molecule has 2 aliphatic heterocycles. The molecular formula is C36H52N2O4. The summed E-state index contributed by atoms with van der Waals surface area (Å²) in [6, 6.07) is 12.4. The molecule has 2 aromatic carbocycles. The normalized spacial score (nSPS) is 27.3. The zero-order chi connectivity index (χ0) is 30.5. The van der Waals surface area contributed by atoms with Gasteiger partial charge in [0, 0.05) is 47.8 Å². The summed E-state index contributed by atoms with van der Waals surface area (Å²) in [6.07, 6.45) is 6.66. The fourth-order valence-corrected chi connectivity index (χ4v) is 8.48. The van der Waals surface area contributed by atoms with Crippen LogP contribution < -0.4 is 10.6 Å². The van der Waals surface area contributed by atoms with E-state index in [1.54, 1.807) is 0 Å². The van der Waals surface area contributed by atoms with Gasteiger partial charge in [0.1, 0.15) is 12.2 Å². The summed E-state index contributed by atoms with van der Waals surface area (Å²) in [5.41, 5.74) is 1.59. The molecule has 2 saturated heterocycles. The van der Waals surface area contributed by atoms with Crippen molar-refractivity contribution in [2.24, 2.45) is 5.92 Å². The van der Waals surface area contributed by atoms with E-state index in [0.717, 1.165) is 62.1 Å². The molecule has 0 bridgehead atoms. The summed E-state index contributed by atoms with van der Waals surface area (Å²) in [7, 11) is 0. The first-order chi connectivity index (χ1) is 19.5. The predicted octanol–water partition coefficient (Wildman–Crippen LogP) is 7.43. The molecule has 2 N–H and O–H groups in total. The topological polar surface area (TPSA) is 76.7 Å². The lowest BCUT2D eigenvalue weighted by Gasteiger charge is -2.46. The van der Waals surface area contributed by atoms with E-state index in [1.165, 1.54) is 5.56 Å². The van der Waals surface area contributed by atoms with Crippen molar-refractivity contribution in [3.8, 4) is 0 Å². The average Bonchev–Trinajstić information content (AvgIpc) is 2.84. The highest BCUT2D eigenvalue weighted by atomic mass is 16.5. The molecule has 0 radical (unpaired) electrons. The van der Waals surface area contributed by atoms with Gasteiger partial charge in [0.15, 0.2) is 0 Å². The summed E-state index contributed by atoms with van der Waals surface area (Å²) >= 11 is 0. The molecule has 3 aliphatic rings. The molecule has 6 heteroatoms. The number of nitrogens with one attached hydrogen (secondary N) is 2. The quantitative estimate of drug-likeness (QED) is 0.361. The maximum Gasteiger partial charge on any atom is 0.339 e. The van der Waals surface area contributed by atoms with Crippen LogP contribution in [0.1, 0.15) is 129 Å². The van der Waals surface area contributed by atoms with E-state index in [4.69, 9.17) is 9.47 Å². The van der Waals surface area contributed by atoms with Gasteiger partial charge in [-0.1, -0.05) is 30.3 Å². The molecule has 3 fully saturated rings. The Morgan fingerprint density at radius 3 is 1.76 bits per heavy atom. The molecule has 230 valence electrons. The van der Waals surface area contributed by atoms with Crippen LogP contribution in [0, 0.1) is 5.92 Å². The molecule has 0 unspecified atom stereocenters. The minimum absolute atomic E-state index is 0.0280. The summed E-state index contributed by atoms with van der Waals surface area (Å²) in [5.74, 6) is 0.0591. The first kappa shape index (κ1) is 31.0. The standard InChI is InChI=1S/C36H52N2O4/c1-33(2)19-27(20-34(3,4)37-33)41-31(39)25-15-12-23(13-16-25)26-17-14-24-10-9-11-29(30(24)18-26)32(40)42-28-21-35(5,6)38-36(7,8)22-28/h9-11,14,17-18,23,25,27-28,37-38H,12-13,15-16,19-22H2,1-8H3. The minimum Gasteiger partial charge on any atom is -0.462 e. The molecule has 0 amide bonds. The second-order valence-corrected chi connectivity index (χ2v) is 16.0. The highest BCUT2D eigenvalue weighted by Gasteiger charge is 2.41. The lowest BCUT2D eigenvalue weighted by Crippen LogP contribution is -2.59. The second kappa shape index (κ2) is 11.2. The molecule has 2 heterocycles. The highest BCUT2D eigenvalue weighted by Crippen LogP contribution is 2.39. The van der Waals surface area contributed by atoms with E-state index >= 15 is 0 Å². The summed E-state index contributed by atoms with van der Waals surface area (Å²) < 4.78 is 12.2. The molecule has 0 atom stereocenters. The lowest BCUT2D eigenvalue weighted by molar-refractivity contribution is -0.159. The van der Waals surface area contributed by atoms with Gasteiger partial charge in [0.2, 0.25) is 0 Å². The molecule has 6 nitrogen and oxygen atoms in total. The van der Waals surface area contributed by atoms with Crippen molar-refractivity contribution >= 4 is 22.7 Å². The van der Waals surface area contributed by atoms with Gasteiger partial charge in [-0.2, -0.15) is 0 Å². The number of carbonyl (C=O) groups is 2. The van der Waals surface area contributed by atoms with Crippen molar-refractivity contribution in [3.63, 3.8) is 0 Å². The number of benzene rings is 2. The third-order valence-corrected chi connectivity index (χ3v) is 9.52. The van der Waals surface area contributed by atoms with Crippen LogP contribution in [0.4, 0.5) is 0 Å². The fraction of sp³-hybridized carbons (Fsp3) is 0.667. The molecule has 2 aromatic rings. The smallest absolute Gasteiger partial charge is 0.339 e. The molecule has 0 spiro atoms. The summed E-state index contributed by atoms with van der Waals surface area (Å²) in [6.45, 7) is 17.4. The van der Waals surface area contributed by atoms with Gasteiger partial charge in [0.25, 0.3) is 0 Å². The number of ether oxygens (including phenoxy) is 2.